The predicted octanol–water partition coefficient (Wildman–Crippen LogP) is 5.52. The van der Waals surface area contributed by atoms with E-state index < -0.39 is 29.0 Å². The van der Waals surface area contributed by atoms with E-state index in [9.17, 15) is 31.1 Å². The summed E-state index contributed by atoms with van der Waals surface area (Å²) in [5.74, 6) is 0.217. The maximum Gasteiger partial charge on any atom is 0.417 e. The third kappa shape index (κ3) is 7.78. The fraction of sp³-hybridized carbons (Fsp3) is 0.519. The molecule has 1 aliphatic heterocycles. The molecule has 1 aromatic heterocycles. The molecule has 7 nitrogen and oxygen atoms in total. The van der Waals surface area contributed by atoms with Crippen molar-refractivity contribution in [2.45, 2.75) is 69.1 Å². The molecule has 0 bridgehead atoms. The van der Waals surface area contributed by atoms with E-state index in [0.717, 1.165) is 24.4 Å². The van der Waals surface area contributed by atoms with Gasteiger partial charge in [-0.1, -0.05) is 0 Å². The third-order valence-corrected chi connectivity index (χ3v) is 7.20. The molecule has 2 aromatic rings. The summed E-state index contributed by atoms with van der Waals surface area (Å²) >= 11 is 0. The fourth-order valence-corrected chi connectivity index (χ4v) is 5.03. The largest absolute Gasteiger partial charge is 0.417 e. The van der Waals surface area contributed by atoms with Crippen LogP contribution < -0.4 is 15.5 Å². The van der Waals surface area contributed by atoms with Gasteiger partial charge in [-0.25, -0.2) is 4.98 Å². The van der Waals surface area contributed by atoms with Crippen LogP contribution in [0.4, 0.5) is 37.8 Å². The quantitative estimate of drug-likeness (QED) is 0.427. The number of amides is 1. The van der Waals surface area contributed by atoms with E-state index in [2.05, 4.69) is 15.6 Å². The van der Waals surface area contributed by atoms with Gasteiger partial charge in [0.25, 0.3) is 0 Å². The Labute approximate surface area is 227 Å². The van der Waals surface area contributed by atoms with Gasteiger partial charge in [0.1, 0.15) is 12.4 Å². The Morgan fingerprint density at radius 3 is 2.25 bits per heavy atom. The number of nitrogens with one attached hydrogen (secondary N) is 2. The van der Waals surface area contributed by atoms with Gasteiger partial charge in [0.2, 0.25) is 5.91 Å². The molecule has 4 rings (SSSR count). The summed E-state index contributed by atoms with van der Waals surface area (Å²) < 4.78 is 83.6. The molecule has 1 saturated heterocycles. The summed E-state index contributed by atoms with van der Waals surface area (Å²) in [6.45, 7) is 0.990. The molecule has 0 radical (unpaired) electrons. The Bertz CT molecular complexity index is 1200. The summed E-state index contributed by atoms with van der Waals surface area (Å²) in [5.41, 5.74) is -1.88. The maximum atomic E-state index is 13.2. The number of hydrogen-bond acceptors (Lipinski definition) is 6. The van der Waals surface area contributed by atoms with Crippen molar-refractivity contribution in [3.63, 3.8) is 0 Å². The van der Waals surface area contributed by atoms with Crippen LogP contribution in [-0.2, 0) is 21.9 Å². The lowest BCUT2D eigenvalue weighted by molar-refractivity contribution is -0.138. The zero-order valence-electron chi connectivity index (χ0n) is 21.5. The molecule has 2 N–H and O–H groups in total. The van der Waals surface area contributed by atoms with Crippen LogP contribution in [0.1, 0.15) is 55.2 Å². The Morgan fingerprint density at radius 2 is 1.68 bits per heavy atom. The topological polar surface area (TPSA) is 90.3 Å². The first-order chi connectivity index (χ1) is 18.9. The summed E-state index contributed by atoms with van der Waals surface area (Å²) in [7, 11) is 0. The van der Waals surface area contributed by atoms with E-state index in [1.54, 1.807) is 6.07 Å². The average molecular weight is 570 g/mol. The van der Waals surface area contributed by atoms with Crippen molar-refractivity contribution in [3.8, 4) is 6.07 Å². The zero-order chi connectivity index (χ0) is 28.9. The SMILES string of the molecule is N#Cc1ccc(NC2CCC(OCC(=O)NC3CCN(c4ccc(C(F)(F)F)cn4)CC3)CC2)cc1C(F)(F)F. The lowest BCUT2D eigenvalue weighted by Gasteiger charge is -2.33. The monoisotopic (exact) mass is 569 g/mol. The van der Waals surface area contributed by atoms with Crippen LogP contribution in [0.3, 0.4) is 0 Å². The number of benzene rings is 1. The predicted molar refractivity (Wildman–Crippen MR) is 134 cm³/mol. The molecule has 0 unspecified atom stereocenters. The Balaban J connectivity index is 1.15. The Kier molecular flexibility index (Phi) is 9.08. The van der Waals surface area contributed by atoms with Gasteiger partial charge in [0.05, 0.1) is 28.9 Å². The van der Waals surface area contributed by atoms with Gasteiger partial charge >= 0.3 is 12.4 Å². The second-order valence-electron chi connectivity index (χ2n) is 10.0. The molecule has 40 heavy (non-hydrogen) atoms. The molecule has 2 heterocycles. The van der Waals surface area contributed by atoms with Crippen LogP contribution in [0.5, 0.6) is 0 Å². The van der Waals surface area contributed by atoms with Crippen LogP contribution in [0, 0.1) is 11.3 Å². The Morgan fingerprint density at radius 1 is 0.975 bits per heavy atom. The normalized spacial score (nSPS) is 20.6. The number of halogens is 6. The number of carbonyl (C=O) groups excluding carboxylic acids is 1. The van der Waals surface area contributed by atoms with Gasteiger partial charge < -0.3 is 20.3 Å². The number of piperidine rings is 1. The lowest BCUT2D eigenvalue weighted by Crippen LogP contribution is -2.46. The second kappa shape index (κ2) is 12.3. The van der Waals surface area contributed by atoms with E-state index in [4.69, 9.17) is 10.00 Å². The molecule has 1 aliphatic carbocycles. The number of alkyl halides is 6. The standard InChI is InChI=1S/C27H29F6N5O2/c28-26(29,30)18-2-8-24(35-15-18)38-11-9-20(10-12-38)37-25(39)16-40-22-6-4-19(5-7-22)36-21-3-1-17(14-34)23(13-21)27(31,32)33/h1-3,8,13,15,19-20,22,36H,4-7,9-12,16H2,(H,37,39). The van der Waals surface area contributed by atoms with Crippen molar-refractivity contribution in [2.24, 2.45) is 0 Å². The van der Waals surface area contributed by atoms with Crippen LogP contribution >= 0.6 is 0 Å². The highest BCUT2D eigenvalue weighted by atomic mass is 19.4. The molecule has 1 aromatic carbocycles. The number of hydrogen-bond donors (Lipinski definition) is 2. The number of carbonyl (C=O) groups is 1. The van der Waals surface area contributed by atoms with E-state index >= 15 is 0 Å². The minimum Gasteiger partial charge on any atom is -0.382 e. The first-order valence-electron chi connectivity index (χ1n) is 13.0. The fourth-order valence-electron chi connectivity index (χ4n) is 5.03. The minimum atomic E-state index is -4.62. The van der Waals surface area contributed by atoms with E-state index in [-0.39, 0.29) is 30.7 Å². The molecule has 0 atom stereocenters. The van der Waals surface area contributed by atoms with Crippen molar-refractivity contribution in [1.82, 2.24) is 10.3 Å². The van der Waals surface area contributed by atoms with E-state index in [0.29, 0.717) is 63.1 Å². The zero-order valence-corrected chi connectivity index (χ0v) is 21.5. The maximum absolute atomic E-state index is 13.2. The van der Waals surface area contributed by atoms with Crippen LogP contribution in [0.25, 0.3) is 0 Å². The molecule has 2 fully saturated rings. The third-order valence-electron chi connectivity index (χ3n) is 7.20. The lowest BCUT2D eigenvalue weighted by atomic mass is 9.92. The van der Waals surface area contributed by atoms with Gasteiger partial charge in [-0.15, -0.1) is 0 Å². The number of nitrogens with zero attached hydrogens (tertiary/aromatic N) is 3. The van der Waals surface area contributed by atoms with Gasteiger partial charge in [-0.2, -0.15) is 31.6 Å². The average Bonchev–Trinajstić information content (AvgIpc) is 2.92. The molecule has 2 aliphatic rings. The van der Waals surface area contributed by atoms with E-state index in [1.807, 2.05) is 4.90 Å². The van der Waals surface area contributed by atoms with Crippen molar-refractivity contribution in [1.29, 1.82) is 5.26 Å². The van der Waals surface area contributed by atoms with Gasteiger partial charge in [0, 0.05) is 37.1 Å². The number of rotatable bonds is 7. The highest BCUT2D eigenvalue weighted by Gasteiger charge is 2.34. The first-order valence-corrected chi connectivity index (χ1v) is 13.0. The van der Waals surface area contributed by atoms with Crippen LogP contribution in [0.2, 0.25) is 0 Å². The van der Waals surface area contributed by atoms with E-state index in [1.165, 1.54) is 12.1 Å². The number of aromatic nitrogens is 1. The molecule has 0 spiro atoms. The molecule has 1 amide bonds. The van der Waals surface area contributed by atoms with Crippen molar-refractivity contribution < 1.29 is 35.9 Å². The molecule has 1 saturated carbocycles. The summed E-state index contributed by atoms with van der Waals surface area (Å²) in [6.07, 6.45) is -4.52. The van der Waals surface area contributed by atoms with Crippen molar-refractivity contribution >= 4 is 17.4 Å². The molecule has 13 heteroatoms. The highest BCUT2D eigenvalue weighted by Crippen LogP contribution is 2.34. The van der Waals surface area contributed by atoms with Gasteiger partial charge in [-0.05, 0) is 68.9 Å². The van der Waals surface area contributed by atoms with Gasteiger partial charge in [-0.3, -0.25) is 4.79 Å². The van der Waals surface area contributed by atoms with Gasteiger partial charge in [0.15, 0.2) is 0 Å². The summed E-state index contributed by atoms with van der Waals surface area (Å²) in [4.78, 5) is 18.2. The van der Waals surface area contributed by atoms with Crippen molar-refractivity contribution in [3.05, 3.63) is 53.2 Å². The van der Waals surface area contributed by atoms with Crippen LogP contribution in [0.15, 0.2) is 36.5 Å². The second-order valence-corrected chi connectivity index (χ2v) is 10.0. The summed E-state index contributed by atoms with van der Waals surface area (Å²) in [6, 6.07) is 7.38. The molecular formula is C27H29F6N5O2. The summed E-state index contributed by atoms with van der Waals surface area (Å²) in [5, 5.41) is 15.0. The minimum absolute atomic E-state index is 0.0490. The Hall–Kier alpha value is -3.53. The number of nitriles is 1. The highest BCUT2D eigenvalue weighted by molar-refractivity contribution is 5.77. The van der Waals surface area contributed by atoms with Crippen LogP contribution in [-0.4, -0.2) is 48.8 Å². The molecular weight excluding hydrogens is 540 g/mol. The molecule has 216 valence electrons. The number of pyridine rings is 1. The number of ether oxygens (including phenoxy) is 1. The number of anilines is 2. The first kappa shape index (κ1) is 29.5. The van der Waals surface area contributed by atoms with Crippen molar-refractivity contribution in [2.75, 3.05) is 29.9 Å². The smallest absolute Gasteiger partial charge is 0.382 e.